The molecule has 2 N–H and O–H groups in total. The molecule has 1 saturated heterocycles. The Morgan fingerprint density at radius 3 is 2.66 bits per heavy atom. The predicted molar refractivity (Wildman–Crippen MR) is 130 cm³/mol. The molecule has 3 aromatic rings. The van der Waals surface area contributed by atoms with E-state index in [2.05, 4.69) is 5.32 Å². The molecular formula is C27H28N2O6. The molecule has 0 bridgehead atoms. The van der Waals surface area contributed by atoms with Crippen molar-refractivity contribution in [2.45, 2.75) is 18.9 Å². The highest BCUT2D eigenvalue weighted by atomic mass is 16.7. The van der Waals surface area contributed by atoms with Crippen LogP contribution >= 0.6 is 0 Å². The second kappa shape index (κ2) is 10.2. The summed E-state index contributed by atoms with van der Waals surface area (Å²) in [5.41, 5.74) is 0.691. The van der Waals surface area contributed by atoms with Crippen molar-refractivity contribution in [2.75, 3.05) is 33.0 Å². The molecule has 0 saturated carbocycles. The van der Waals surface area contributed by atoms with E-state index in [1.165, 1.54) is 0 Å². The maximum atomic E-state index is 13.1. The van der Waals surface area contributed by atoms with E-state index in [1.54, 1.807) is 18.2 Å². The molecule has 8 heteroatoms. The highest BCUT2D eigenvalue weighted by Crippen LogP contribution is 2.35. The summed E-state index contributed by atoms with van der Waals surface area (Å²) in [6, 6.07) is 18.8. The number of nitrogens with one attached hydrogen (secondary N) is 1. The quantitative estimate of drug-likeness (QED) is 0.544. The first-order chi connectivity index (χ1) is 17.1. The highest BCUT2D eigenvalue weighted by molar-refractivity contribution is 6.07. The van der Waals surface area contributed by atoms with Crippen molar-refractivity contribution in [1.82, 2.24) is 10.2 Å². The van der Waals surface area contributed by atoms with Gasteiger partial charge in [-0.3, -0.25) is 9.59 Å². The number of hydrogen-bond acceptors (Lipinski definition) is 6. The van der Waals surface area contributed by atoms with Gasteiger partial charge in [-0.25, -0.2) is 0 Å². The summed E-state index contributed by atoms with van der Waals surface area (Å²) in [5, 5.41) is 15.0. The van der Waals surface area contributed by atoms with Gasteiger partial charge < -0.3 is 29.5 Å². The van der Waals surface area contributed by atoms with Crippen molar-refractivity contribution in [3.63, 3.8) is 0 Å². The van der Waals surface area contributed by atoms with Crippen LogP contribution in [0.4, 0.5) is 0 Å². The minimum Gasteiger partial charge on any atom is -0.491 e. The number of hydrogen-bond donors (Lipinski definition) is 2. The van der Waals surface area contributed by atoms with Crippen molar-refractivity contribution < 1.29 is 28.9 Å². The molecule has 8 nitrogen and oxygen atoms in total. The fourth-order valence-electron chi connectivity index (χ4n) is 4.51. The summed E-state index contributed by atoms with van der Waals surface area (Å²) in [7, 11) is 0. The van der Waals surface area contributed by atoms with Crippen LogP contribution in [0.15, 0.2) is 60.7 Å². The van der Waals surface area contributed by atoms with Crippen LogP contribution in [0, 0.1) is 5.92 Å². The Labute approximate surface area is 203 Å². The van der Waals surface area contributed by atoms with E-state index < -0.39 is 6.10 Å². The van der Waals surface area contributed by atoms with Gasteiger partial charge in [-0.1, -0.05) is 36.4 Å². The van der Waals surface area contributed by atoms with E-state index in [-0.39, 0.29) is 37.7 Å². The third-order valence-electron chi connectivity index (χ3n) is 6.47. The van der Waals surface area contributed by atoms with Gasteiger partial charge in [0, 0.05) is 37.2 Å². The summed E-state index contributed by atoms with van der Waals surface area (Å²) in [4.78, 5) is 27.6. The maximum absolute atomic E-state index is 13.1. The van der Waals surface area contributed by atoms with Crippen LogP contribution in [0.2, 0.25) is 0 Å². The number of likely N-dealkylation sites (tertiary alicyclic amines) is 1. The molecule has 182 valence electrons. The number of carbonyl (C=O) groups excluding carboxylic acids is 2. The molecule has 0 spiro atoms. The van der Waals surface area contributed by atoms with E-state index in [4.69, 9.17) is 14.2 Å². The third kappa shape index (κ3) is 5.17. The molecule has 2 heterocycles. The molecule has 35 heavy (non-hydrogen) atoms. The van der Waals surface area contributed by atoms with Crippen LogP contribution in [0.5, 0.6) is 17.2 Å². The Morgan fingerprint density at radius 1 is 1.03 bits per heavy atom. The van der Waals surface area contributed by atoms with Gasteiger partial charge in [-0.2, -0.15) is 0 Å². The zero-order chi connectivity index (χ0) is 24.2. The Bertz CT molecular complexity index is 1220. The molecule has 3 aromatic carbocycles. The highest BCUT2D eigenvalue weighted by Gasteiger charge is 2.28. The second-order valence-electron chi connectivity index (χ2n) is 8.82. The van der Waals surface area contributed by atoms with Crippen LogP contribution in [0.3, 0.4) is 0 Å². The number of nitrogens with zero attached hydrogens (tertiary/aromatic N) is 1. The van der Waals surface area contributed by atoms with Gasteiger partial charge in [-0.05, 0) is 41.8 Å². The number of ether oxygens (including phenoxy) is 3. The Morgan fingerprint density at radius 2 is 1.80 bits per heavy atom. The fourth-order valence-corrected chi connectivity index (χ4v) is 4.51. The molecule has 0 radical (unpaired) electrons. The lowest BCUT2D eigenvalue weighted by Gasteiger charge is -2.31. The average Bonchev–Trinajstić information content (AvgIpc) is 3.38. The molecule has 1 atom stereocenters. The topological polar surface area (TPSA) is 97.3 Å². The largest absolute Gasteiger partial charge is 0.491 e. The number of amides is 2. The molecular weight excluding hydrogens is 448 g/mol. The van der Waals surface area contributed by atoms with Crippen molar-refractivity contribution in [3.05, 3.63) is 66.2 Å². The first kappa shape index (κ1) is 23.0. The molecule has 2 aliphatic rings. The Balaban J connectivity index is 1.07. The number of carbonyl (C=O) groups is 2. The zero-order valence-electron chi connectivity index (χ0n) is 19.3. The van der Waals surface area contributed by atoms with Gasteiger partial charge in [0.25, 0.3) is 5.91 Å². The molecule has 0 aromatic heterocycles. The van der Waals surface area contributed by atoms with E-state index in [0.717, 1.165) is 10.8 Å². The number of piperidine rings is 1. The van der Waals surface area contributed by atoms with Gasteiger partial charge in [0.1, 0.15) is 18.5 Å². The lowest BCUT2D eigenvalue weighted by Crippen LogP contribution is -2.44. The summed E-state index contributed by atoms with van der Waals surface area (Å²) >= 11 is 0. The van der Waals surface area contributed by atoms with Crippen molar-refractivity contribution >= 4 is 22.6 Å². The first-order valence-electron chi connectivity index (χ1n) is 11.8. The Hall–Kier alpha value is -3.78. The fraction of sp³-hybridized carbons (Fsp3) is 0.333. The molecule has 2 aliphatic heterocycles. The zero-order valence-corrected chi connectivity index (χ0v) is 19.3. The smallest absolute Gasteiger partial charge is 0.254 e. The monoisotopic (exact) mass is 476 g/mol. The van der Waals surface area contributed by atoms with Crippen LogP contribution in [0.1, 0.15) is 23.2 Å². The molecule has 2 amide bonds. The van der Waals surface area contributed by atoms with Gasteiger partial charge >= 0.3 is 0 Å². The van der Waals surface area contributed by atoms with Crippen LogP contribution in [-0.2, 0) is 4.79 Å². The van der Waals surface area contributed by atoms with Crippen LogP contribution in [-0.4, -0.2) is 61.0 Å². The number of fused-ring (bicyclic) bond motifs is 2. The van der Waals surface area contributed by atoms with Gasteiger partial charge in [0.05, 0.1) is 0 Å². The van der Waals surface area contributed by atoms with Crippen molar-refractivity contribution in [1.29, 1.82) is 0 Å². The van der Waals surface area contributed by atoms with Crippen molar-refractivity contribution in [2.24, 2.45) is 5.92 Å². The standard InChI is InChI=1S/C27H28N2O6/c30-20(16-33-21-8-9-24-25(14-21)35-17-34-24)15-28-26(31)19-10-12-29(13-11-19)27(32)23-7-3-5-18-4-1-2-6-22(18)23/h1-9,14,19-20,30H,10-13,15-17H2,(H,28,31). The normalized spacial score (nSPS) is 16.2. The Kier molecular flexibility index (Phi) is 6.72. The summed E-state index contributed by atoms with van der Waals surface area (Å²) < 4.78 is 16.2. The van der Waals surface area contributed by atoms with E-state index >= 15 is 0 Å². The van der Waals surface area contributed by atoms with Gasteiger partial charge in [0.15, 0.2) is 11.5 Å². The minimum atomic E-state index is -0.850. The minimum absolute atomic E-state index is 0.00301. The number of aliphatic hydroxyl groups is 1. The van der Waals surface area contributed by atoms with Crippen LogP contribution < -0.4 is 19.5 Å². The van der Waals surface area contributed by atoms with Gasteiger partial charge in [0.2, 0.25) is 12.7 Å². The lowest BCUT2D eigenvalue weighted by atomic mass is 9.94. The molecule has 0 aliphatic carbocycles. The van der Waals surface area contributed by atoms with Gasteiger partial charge in [-0.15, -0.1) is 0 Å². The summed E-state index contributed by atoms with van der Waals surface area (Å²) in [6.07, 6.45) is 0.329. The van der Waals surface area contributed by atoms with Crippen molar-refractivity contribution in [3.8, 4) is 17.2 Å². The summed E-state index contributed by atoms with van der Waals surface area (Å²) in [6.45, 7) is 1.37. The molecule has 1 fully saturated rings. The average molecular weight is 477 g/mol. The second-order valence-corrected chi connectivity index (χ2v) is 8.82. The van der Waals surface area contributed by atoms with Crippen LogP contribution in [0.25, 0.3) is 10.8 Å². The number of rotatable bonds is 7. The lowest BCUT2D eigenvalue weighted by molar-refractivity contribution is -0.126. The number of aliphatic hydroxyl groups excluding tert-OH is 1. The summed E-state index contributed by atoms with van der Waals surface area (Å²) in [5.74, 6) is 1.53. The molecule has 5 rings (SSSR count). The van der Waals surface area contributed by atoms with E-state index in [1.807, 2.05) is 47.4 Å². The van der Waals surface area contributed by atoms with E-state index in [9.17, 15) is 14.7 Å². The predicted octanol–water partition coefficient (Wildman–Crippen LogP) is 2.98. The third-order valence-corrected chi connectivity index (χ3v) is 6.47. The number of benzene rings is 3. The van der Waals surface area contributed by atoms with E-state index in [0.29, 0.717) is 48.7 Å². The SMILES string of the molecule is O=C(NCC(O)COc1ccc2c(c1)OCO2)C1CCN(C(=O)c2cccc3ccccc23)CC1. The maximum Gasteiger partial charge on any atom is 0.254 e. The molecule has 1 unspecified atom stereocenters. The first-order valence-corrected chi connectivity index (χ1v) is 11.8.